The van der Waals surface area contributed by atoms with E-state index in [4.69, 9.17) is 18.6 Å². The number of carbonyl (C=O) groups excluding carboxylic acids is 1. The highest BCUT2D eigenvalue weighted by Crippen LogP contribution is 2.32. The number of nitrogens with zero attached hydrogens (tertiary/aromatic N) is 4. The SMILES string of the molecule is CCOC(=O)c1cc(C)nc2c1c(=O)n(Cc1nc(-c3ccc(OC)c(OC)c3)oc1C)c(=O)n2C. The molecular weight excluding hydrogens is 468 g/mol. The van der Waals surface area contributed by atoms with E-state index in [1.807, 2.05) is 0 Å². The fourth-order valence-corrected chi connectivity index (χ4v) is 3.93. The summed E-state index contributed by atoms with van der Waals surface area (Å²) in [6, 6.07) is 6.68. The fraction of sp³-hybridized carbons (Fsp3) is 0.320. The average Bonchev–Trinajstić information content (AvgIpc) is 3.24. The van der Waals surface area contributed by atoms with Gasteiger partial charge in [-0.25, -0.2) is 19.6 Å². The van der Waals surface area contributed by atoms with E-state index in [1.54, 1.807) is 39.0 Å². The first-order valence-electron chi connectivity index (χ1n) is 11.2. The normalized spacial score (nSPS) is 11.1. The lowest BCUT2D eigenvalue weighted by molar-refractivity contribution is 0.0528. The molecule has 0 amide bonds. The van der Waals surface area contributed by atoms with Gasteiger partial charge in [0.05, 0.1) is 38.3 Å². The molecule has 0 aliphatic heterocycles. The largest absolute Gasteiger partial charge is 0.493 e. The van der Waals surface area contributed by atoms with E-state index < -0.39 is 17.2 Å². The fourth-order valence-electron chi connectivity index (χ4n) is 3.93. The van der Waals surface area contributed by atoms with Crippen LogP contribution in [0, 0.1) is 13.8 Å². The molecule has 0 N–H and O–H groups in total. The summed E-state index contributed by atoms with van der Waals surface area (Å²) in [5, 5.41) is 0.00223. The maximum atomic E-state index is 13.5. The average molecular weight is 495 g/mol. The molecule has 1 aromatic carbocycles. The standard InChI is InChI=1S/C25H26N4O7/c1-7-35-24(31)16-10-13(2)26-21-20(16)23(30)29(25(32)28(21)4)12-17-14(3)36-22(27-17)15-8-9-18(33-5)19(11-15)34-6/h8-11H,7,12H2,1-6H3. The highest BCUT2D eigenvalue weighted by Gasteiger charge is 2.23. The molecule has 11 nitrogen and oxygen atoms in total. The third-order valence-corrected chi connectivity index (χ3v) is 5.75. The molecule has 4 rings (SSSR count). The van der Waals surface area contributed by atoms with E-state index in [0.29, 0.717) is 40.1 Å². The number of aromatic nitrogens is 4. The van der Waals surface area contributed by atoms with Crippen LogP contribution in [0.1, 0.15) is 34.4 Å². The molecule has 4 aromatic rings. The van der Waals surface area contributed by atoms with E-state index in [-0.39, 0.29) is 29.7 Å². The van der Waals surface area contributed by atoms with Gasteiger partial charge in [0.1, 0.15) is 17.1 Å². The summed E-state index contributed by atoms with van der Waals surface area (Å²) >= 11 is 0. The topological polar surface area (TPSA) is 128 Å². The third kappa shape index (κ3) is 4.23. The number of hydrogen-bond donors (Lipinski definition) is 0. The van der Waals surface area contributed by atoms with Crippen LogP contribution in [0.3, 0.4) is 0 Å². The van der Waals surface area contributed by atoms with Crippen LogP contribution in [0.2, 0.25) is 0 Å². The summed E-state index contributed by atoms with van der Waals surface area (Å²) in [4.78, 5) is 48.1. The zero-order chi connectivity index (χ0) is 26.1. The van der Waals surface area contributed by atoms with E-state index in [9.17, 15) is 14.4 Å². The maximum absolute atomic E-state index is 13.5. The van der Waals surface area contributed by atoms with Gasteiger partial charge in [-0.1, -0.05) is 0 Å². The van der Waals surface area contributed by atoms with Crippen molar-refractivity contribution in [1.29, 1.82) is 0 Å². The summed E-state index contributed by atoms with van der Waals surface area (Å²) in [7, 11) is 4.56. The molecule has 0 spiro atoms. The second-order valence-corrected chi connectivity index (χ2v) is 8.05. The van der Waals surface area contributed by atoms with Crippen molar-refractivity contribution in [1.82, 2.24) is 19.1 Å². The molecule has 0 fully saturated rings. The van der Waals surface area contributed by atoms with Crippen molar-refractivity contribution in [2.24, 2.45) is 7.05 Å². The van der Waals surface area contributed by atoms with Gasteiger partial charge in [-0.2, -0.15) is 0 Å². The van der Waals surface area contributed by atoms with Crippen molar-refractivity contribution < 1.29 is 23.4 Å². The summed E-state index contributed by atoms with van der Waals surface area (Å²) in [5.41, 5.74) is 0.378. The molecule has 11 heteroatoms. The number of hydrogen-bond acceptors (Lipinski definition) is 9. The van der Waals surface area contributed by atoms with Crippen LogP contribution in [-0.2, 0) is 18.3 Å². The monoisotopic (exact) mass is 494 g/mol. The summed E-state index contributed by atoms with van der Waals surface area (Å²) in [6.07, 6.45) is 0. The van der Waals surface area contributed by atoms with Crippen molar-refractivity contribution in [3.8, 4) is 23.0 Å². The van der Waals surface area contributed by atoms with E-state index in [1.165, 1.54) is 31.9 Å². The smallest absolute Gasteiger partial charge is 0.339 e. The Bertz CT molecular complexity index is 1600. The number of fused-ring (bicyclic) bond motifs is 1. The number of oxazole rings is 1. The lowest BCUT2D eigenvalue weighted by Crippen LogP contribution is -2.40. The van der Waals surface area contributed by atoms with Gasteiger partial charge in [0.25, 0.3) is 5.56 Å². The van der Waals surface area contributed by atoms with Crippen molar-refractivity contribution in [2.75, 3.05) is 20.8 Å². The Labute approximate surface area is 205 Å². The van der Waals surface area contributed by atoms with Crippen molar-refractivity contribution >= 4 is 17.0 Å². The van der Waals surface area contributed by atoms with E-state index in [2.05, 4.69) is 9.97 Å². The van der Waals surface area contributed by atoms with Gasteiger partial charge in [-0.15, -0.1) is 0 Å². The van der Waals surface area contributed by atoms with Crippen LogP contribution in [0.5, 0.6) is 11.5 Å². The summed E-state index contributed by atoms with van der Waals surface area (Å²) < 4.78 is 23.8. The predicted octanol–water partition coefficient (Wildman–Crippen LogP) is 2.61. The van der Waals surface area contributed by atoms with Gasteiger partial charge in [0.15, 0.2) is 11.5 Å². The number of pyridine rings is 1. The Kier molecular flexibility index (Phi) is 6.65. The quantitative estimate of drug-likeness (QED) is 0.356. The number of rotatable bonds is 7. The van der Waals surface area contributed by atoms with Gasteiger partial charge in [-0.05, 0) is 45.0 Å². The summed E-state index contributed by atoms with van der Waals surface area (Å²) in [6.45, 7) is 5.01. The number of carbonyl (C=O) groups is 1. The van der Waals surface area contributed by atoms with Crippen LogP contribution >= 0.6 is 0 Å². The minimum Gasteiger partial charge on any atom is -0.493 e. The molecule has 0 unspecified atom stereocenters. The minimum atomic E-state index is -0.668. The molecule has 3 heterocycles. The van der Waals surface area contributed by atoms with Crippen molar-refractivity contribution in [3.63, 3.8) is 0 Å². The number of benzene rings is 1. The lowest BCUT2D eigenvalue weighted by Gasteiger charge is -2.12. The Hall–Kier alpha value is -4.41. The first-order valence-corrected chi connectivity index (χ1v) is 11.2. The zero-order valence-corrected chi connectivity index (χ0v) is 20.9. The number of methoxy groups -OCH3 is 2. The highest BCUT2D eigenvalue weighted by atomic mass is 16.5. The molecule has 0 saturated heterocycles. The predicted molar refractivity (Wildman–Crippen MR) is 131 cm³/mol. The molecule has 3 aromatic heterocycles. The molecule has 188 valence electrons. The molecule has 0 aliphatic rings. The molecule has 0 bridgehead atoms. The lowest BCUT2D eigenvalue weighted by atomic mass is 10.1. The molecule has 0 radical (unpaired) electrons. The van der Waals surface area contributed by atoms with E-state index in [0.717, 1.165) is 4.57 Å². The van der Waals surface area contributed by atoms with Crippen LogP contribution in [0.4, 0.5) is 0 Å². The molecule has 0 aliphatic carbocycles. The molecule has 0 saturated carbocycles. The van der Waals surface area contributed by atoms with Gasteiger partial charge >= 0.3 is 11.7 Å². The maximum Gasteiger partial charge on any atom is 0.339 e. The molecular formula is C25H26N4O7. The second-order valence-electron chi connectivity index (χ2n) is 8.05. The van der Waals surface area contributed by atoms with Crippen molar-refractivity contribution in [3.05, 3.63) is 67.8 Å². The number of ether oxygens (including phenoxy) is 3. The van der Waals surface area contributed by atoms with E-state index >= 15 is 0 Å². The number of aryl methyl sites for hydroxylation is 3. The van der Waals surface area contributed by atoms with Crippen LogP contribution < -0.4 is 20.7 Å². The zero-order valence-electron chi connectivity index (χ0n) is 20.9. The third-order valence-electron chi connectivity index (χ3n) is 5.75. The molecule has 36 heavy (non-hydrogen) atoms. The van der Waals surface area contributed by atoms with Crippen LogP contribution in [-0.4, -0.2) is 45.9 Å². The minimum absolute atomic E-state index is 0.00223. The van der Waals surface area contributed by atoms with Gasteiger partial charge in [0.2, 0.25) is 5.89 Å². The highest BCUT2D eigenvalue weighted by molar-refractivity contribution is 6.02. The second kappa shape index (κ2) is 9.68. The molecule has 0 atom stereocenters. The van der Waals surface area contributed by atoms with Crippen LogP contribution in [0.15, 0.2) is 38.3 Å². The van der Waals surface area contributed by atoms with Crippen LogP contribution in [0.25, 0.3) is 22.5 Å². The first kappa shape index (κ1) is 24.7. The summed E-state index contributed by atoms with van der Waals surface area (Å²) in [5.74, 6) is 1.11. The van der Waals surface area contributed by atoms with Crippen molar-refractivity contribution in [2.45, 2.75) is 27.3 Å². The number of esters is 1. The Balaban J connectivity index is 1.84. The Morgan fingerprint density at radius 3 is 2.44 bits per heavy atom. The Morgan fingerprint density at radius 2 is 1.78 bits per heavy atom. The van der Waals surface area contributed by atoms with Gasteiger partial charge in [-0.3, -0.25) is 13.9 Å². The van der Waals surface area contributed by atoms with Gasteiger partial charge in [0, 0.05) is 18.3 Å². The Morgan fingerprint density at radius 1 is 1.06 bits per heavy atom. The first-order chi connectivity index (χ1) is 17.2. The van der Waals surface area contributed by atoms with Gasteiger partial charge < -0.3 is 18.6 Å².